The van der Waals surface area contributed by atoms with Gasteiger partial charge in [0.15, 0.2) is 11.7 Å². The van der Waals surface area contributed by atoms with Crippen LogP contribution in [0.5, 0.6) is 0 Å². The first-order chi connectivity index (χ1) is 12.6. The fourth-order valence-corrected chi connectivity index (χ4v) is 3.01. The van der Waals surface area contributed by atoms with Crippen molar-refractivity contribution in [3.63, 3.8) is 0 Å². The van der Waals surface area contributed by atoms with Crippen LogP contribution in [0.3, 0.4) is 0 Å². The molecule has 0 amide bonds. The molecule has 1 aliphatic rings. The average molecular weight is 492 g/mol. The van der Waals surface area contributed by atoms with Crippen molar-refractivity contribution in [2.45, 2.75) is 46.1 Å². The Morgan fingerprint density at radius 3 is 2.78 bits per heavy atom. The smallest absolute Gasteiger partial charge is 0.191 e. The van der Waals surface area contributed by atoms with E-state index in [2.05, 4.69) is 58.4 Å². The van der Waals surface area contributed by atoms with E-state index in [4.69, 9.17) is 4.52 Å². The normalized spacial score (nSPS) is 16.9. The molecular weight excluding hydrogens is 455 g/mol. The van der Waals surface area contributed by atoms with Gasteiger partial charge in [0.2, 0.25) is 0 Å². The third kappa shape index (κ3) is 9.25. The van der Waals surface area contributed by atoms with Crippen LogP contribution in [0.4, 0.5) is 0 Å². The molecule has 1 aromatic rings. The summed E-state index contributed by atoms with van der Waals surface area (Å²) in [5.41, 5.74) is 0.983. The summed E-state index contributed by atoms with van der Waals surface area (Å²) in [6.07, 6.45) is 2.39. The Bertz CT molecular complexity index is 548. The highest BCUT2D eigenvalue weighted by Gasteiger charge is 2.11. The Morgan fingerprint density at radius 1 is 1.26 bits per heavy atom. The summed E-state index contributed by atoms with van der Waals surface area (Å²) in [5, 5.41) is 10.8. The van der Waals surface area contributed by atoms with Crippen LogP contribution in [0.1, 0.15) is 51.0 Å². The lowest BCUT2D eigenvalue weighted by Gasteiger charge is -2.20. The van der Waals surface area contributed by atoms with Gasteiger partial charge in [-0.3, -0.25) is 0 Å². The van der Waals surface area contributed by atoms with Gasteiger partial charge < -0.3 is 25.0 Å². The summed E-state index contributed by atoms with van der Waals surface area (Å²) in [6, 6.07) is 1.99. The lowest BCUT2D eigenvalue weighted by molar-refractivity contribution is 0.274. The standard InChI is InChI=1S/C19H36N6O.HI/c1-5-20-19(22-15-17-14-18(16(2)3)23-26-17)21-8-6-10-25-11-7-9-24(4)12-13-25;/h14,16H,5-13,15H2,1-4H3,(H2,20,21,22);1H. The van der Waals surface area contributed by atoms with Crippen molar-refractivity contribution in [1.82, 2.24) is 25.6 Å². The van der Waals surface area contributed by atoms with Crippen molar-refractivity contribution in [2.24, 2.45) is 4.99 Å². The largest absolute Gasteiger partial charge is 0.359 e. The minimum atomic E-state index is 0. The van der Waals surface area contributed by atoms with Crippen LogP contribution in [-0.4, -0.2) is 73.8 Å². The highest BCUT2D eigenvalue weighted by molar-refractivity contribution is 14.0. The summed E-state index contributed by atoms with van der Waals surface area (Å²) in [5.74, 6) is 2.02. The van der Waals surface area contributed by atoms with Crippen LogP contribution < -0.4 is 10.6 Å². The second-order valence-corrected chi connectivity index (χ2v) is 7.35. The van der Waals surface area contributed by atoms with Gasteiger partial charge in [-0.2, -0.15) is 0 Å². The molecule has 0 unspecified atom stereocenters. The number of hydrogen-bond acceptors (Lipinski definition) is 5. The molecule has 8 heteroatoms. The first-order valence-corrected chi connectivity index (χ1v) is 9.97. The van der Waals surface area contributed by atoms with Crippen molar-refractivity contribution < 1.29 is 4.52 Å². The van der Waals surface area contributed by atoms with E-state index in [1.165, 1.54) is 32.6 Å². The van der Waals surface area contributed by atoms with Crippen molar-refractivity contribution in [1.29, 1.82) is 0 Å². The molecule has 1 fully saturated rings. The Hall–Kier alpha value is -0.870. The molecule has 0 spiro atoms. The summed E-state index contributed by atoms with van der Waals surface area (Å²) in [4.78, 5) is 9.59. The van der Waals surface area contributed by atoms with Crippen LogP contribution >= 0.6 is 24.0 Å². The predicted molar refractivity (Wildman–Crippen MR) is 122 cm³/mol. The molecule has 156 valence electrons. The van der Waals surface area contributed by atoms with Gasteiger partial charge in [0.1, 0.15) is 6.54 Å². The van der Waals surface area contributed by atoms with Gasteiger partial charge in [-0.25, -0.2) is 4.99 Å². The van der Waals surface area contributed by atoms with E-state index >= 15 is 0 Å². The molecule has 0 saturated carbocycles. The molecule has 27 heavy (non-hydrogen) atoms. The minimum absolute atomic E-state index is 0. The second kappa shape index (κ2) is 13.3. The summed E-state index contributed by atoms with van der Waals surface area (Å²) >= 11 is 0. The first-order valence-electron chi connectivity index (χ1n) is 9.97. The minimum Gasteiger partial charge on any atom is -0.359 e. The summed E-state index contributed by atoms with van der Waals surface area (Å²) in [7, 11) is 2.21. The van der Waals surface area contributed by atoms with Gasteiger partial charge in [0, 0.05) is 32.2 Å². The van der Waals surface area contributed by atoms with E-state index < -0.39 is 0 Å². The highest BCUT2D eigenvalue weighted by atomic mass is 127. The van der Waals surface area contributed by atoms with Crippen molar-refractivity contribution in [3.8, 4) is 0 Å². The van der Waals surface area contributed by atoms with Gasteiger partial charge >= 0.3 is 0 Å². The predicted octanol–water partition coefficient (Wildman–Crippen LogP) is 2.50. The van der Waals surface area contributed by atoms with Gasteiger partial charge in [0.25, 0.3) is 0 Å². The molecule has 1 saturated heterocycles. The van der Waals surface area contributed by atoms with E-state index in [9.17, 15) is 0 Å². The van der Waals surface area contributed by atoms with Crippen LogP contribution in [-0.2, 0) is 6.54 Å². The van der Waals surface area contributed by atoms with E-state index in [0.717, 1.165) is 43.5 Å². The molecule has 0 radical (unpaired) electrons. The number of likely N-dealkylation sites (N-methyl/N-ethyl adjacent to an activating group) is 1. The van der Waals surface area contributed by atoms with E-state index in [1.807, 2.05) is 6.07 Å². The van der Waals surface area contributed by atoms with Crippen molar-refractivity contribution in [3.05, 3.63) is 17.5 Å². The van der Waals surface area contributed by atoms with Crippen LogP contribution in [0.25, 0.3) is 0 Å². The van der Waals surface area contributed by atoms with Crippen LogP contribution in [0.15, 0.2) is 15.6 Å². The fourth-order valence-electron chi connectivity index (χ4n) is 3.01. The fraction of sp³-hybridized carbons (Fsp3) is 0.789. The maximum Gasteiger partial charge on any atom is 0.191 e. The number of nitrogens with one attached hydrogen (secondary N) is 2. The molecule has 7 nitrogen and oxygen atoms in total. The van der Waals surface area contributed by atoms with E-state index in [-0.39, 0.29) is 24.0 Å². The summed E-state index contributed by atoms with van der Waals surface area (Å²) < 4.78 is 5.36. The highest BCUT2D eigenvalue weighted by Crippen LogP contribution is 2.14. The number of aliphatic imine (C=N–C) groups is 1. The van der Waals surface area contributed by atoms with Crippen molar-refractivity contribution >= 4 is 29.9 Å². The average Bonchev–Trinajstić information content (AvgIpc) is 3.00. The molecule has 2 heterocycles. The Balaban J connectivity index is 0.00000364. The number of nitrogens with zero attached hydrogens (tertiary/aromatic N) is 4. The SMILES string of the molecule is CCNC(=NCc1cc(C(C)C)no1)NCCCN1CCCN(C)CC1.I. The summed E-state index contributed by atoms with van der Waals surface area (Å²) in [6.45, 7) is 14.5. The molecule has 1 aromatic heterocycles. The Kier molecular flexibility index (Phi) is 11.9. The second-order valence-electron chi connectivity index (χ2n) is 7.35. The quantitative estimate of drug-likeness (QED) is 0.252. The zero-order chi connectivity index (χ0) is 18.8. The zero-order valence-electron chi connectivity index (χ0n) is 17.3. The number of aromatic nitrogens is 1. The third-order valence-corrected chi connectivity index (χ3v) is 4.66. The maximum atomic E-state index is 5.36. The van der Waals surface area contributed by atoms with E-state index in [1.54, 1.807) is 0 Å². The molecule has 0 atom stereocenters. The molecule has 0 aromatic carbocycles. The number of guanidine groups is 1. The molecule has 0 aliphatic carbocycles. The lowest BCUT2D eigenvalue weighted by atomic mass is 10.1. The van der Waals surface area contributed by atoms with Gasteiger partial charge in [-0.05, 0) is 52.4 Å². The van der Waals surface area contributed by atoms with Gasteiger partial charge in [-0.1, -0.05) is 19.0 Å². The monoisotopic (exact) mass is 492 g/mol. The van der Waals surface area contributed by atoms with Gasteiger partial charge in [-0.15, -0.1) is 24.0 Å². The van der Waals surface area contributed by atoms with Crippen molar-refractivity contribution in [2.75, 3.05) is 52.9 Å². The molecule has 2 N–H and O–H groups in total. The zero-order valence-corrected chi connectivity index (χ0v) is 19.7. The first kappa shape index (κ1) is 24.2. The maximum absolute atomic E-state index is 5.36. The van der Waals surface area contributed by atoms with Crippen LogP contribution in [0.2, 0.25) is 0 Å². The molecule has 0 bridgehead atoms. The molecular formula is C19H37IN6O. The van der Waals surface area contributed by atoms with Gasteiger partial charge in [0.05, 0.1) is 5.69 Å². The number of rotatable bonds is 8. The lowest BCUT2D eigenvalue weighted by Crippen LogP contribution is -2.39. The topological polar surface area (TPSA) is 68.9 Å². The number of hydrogen-bond donors (Lipinski definition) is 2. The third-order valence-electron chi connectivity index (χ3n) is 4.66. The Morgan fingerprint density at radius 2 is 2.07 bits per heavy atom. The number of halogens is 1. The molecule has 1 aliphatic heterocycles. The molecule has 2 rings (SSSR count). The Labute approximate surface area is 181 Å². The van der Waals surface area contributed by atoms with Crippen LogP contribution in [0, 0.1) is 0 Å². The van der Waals surface area contributed by atoms with E-state index in [0.29, 0.717) is 12.5 Å².